The topological polar surface area (TPSA) is 77.0 Å². The van der Waals surface area contributed by atoms with Crippen molar-refractivity contribution in [2.45, 2.75) is 57.5 Å². The second-order valence-corrected chi connectivity index (χ2v) is 9.75. The first kappa shape index (κ1) is 27.7. The highest BCUT2D eigenvalue weighted by molar-refractivity contribution is 14.0. The number of rotatable bonds is 7. The molecule has 1 atom stereocenters. The Balaban J connectivity index is 0.00000450. The van der Waals surface area contributed by atoms with Crippen LogP contribution in [-0.2, 0) is 10.0 Å². The number of aliphatic imine (C=N–C) groups is 1. The molecule has 0 aromatic heterocycles. The number of sulfonamides is 1. The Morgan fingerprint density at radius 2 is 1.77 bits per heavy atom. The summed E-state index contributed by atoms with van der Waals surface area (Å²) in [6, 6.07) is 0.600. The molecule has 0 bridgehead atoms. The second-order valence-electron chi connectivity index (χ2n) is 7.82. The minimum atomic E-state index is -5.23. The lowest BCUT2D eigenvalue weighted by Crippen LogP contribution is -2.46. The molecular formula is C18H35F3IN5O2S. The van der Waals surface area contributed by atoms with Gasteiger partial charge in [0, 0.05) is 45.3 Å². The van der Waals surface area contributed by atoms with Gasteiger partial charge in [0.1, 0.15) is 0 Å². The molecule has 2 N–H and O–H groups in total. The Kier molecular flexibility index (Phi) is 11.7. The van der Waals surface area contributed by atoms with Crippen molar-refractivity contribution in [3.05, 3.63) is 0 Å². The van der Waals surface area contributed by atoms with Gasteiger partial charge in [0.15, 0.2) is 5.96 Å². The third-order valence-corrected chi connectivity index (χ3v) is 7.32. The summed E-state index contributed by atoms with van der Waals surface area (Å²) >= 11 is 0. The number of nitrogens with one attached hydrogen (secondary N) is 2. The maximum absolute atomic E-state index is 12.7. The van der Waals surface area contributed by atoms with E-state index in [9.17, 15) is 21.6 Å². The maximum Gasteiger partial charge on any atom is 0.511 e. The molecule has 1 unspecified atom stereocenters. The van der Waals surface area contributed by atoms with Crippen LogP contribution >= 0.6 is 24.0 Å². The molecule has 2 aliphatic heterocycles. The van der Waals surface area contributed by atoms with E-state index in [0.717, 1.165) is 19.6 Å². The summed E-state index contributed by atoms with van der Waals surface area (Å²) in [6.07, 6.45) is 4.52. The molecule has 0 spiro atoms. The van der Waals surface area contributed by atoms with Crippen LogP contribution in [0.5, 0.6) is 0 Å². The molecule has 0 aromatic carbocycles. The van der Waals surface area contributed by atoms with Crippen LogP contribution in [0.25, 0.3) is 0 Å². The van der Waals surface area contributed by atoms with Crippen molar-refractivity contribution in [2.24, 2.45) is 10.9 Å². The van der Waals surface area contributed by atoms with Crippen molar-refractivity contribution in [3.63, 3.8) is 0 Å². The SMILES string of the molecule is CCNC(=NCC1CCN(S(=O)(=O)C(F)(F)F)CC1)NCCN1CCCCC1C.I. The van der Waals surface area contributed by atoms with E-state index in [2.05, 4.69) is 27.4 Å². The Morgan fingerprint density at radius 3 is 2.33 bits per heavy atom. The molecule has 0 aromatic rings. The molecule has 2 aliphatic rings. The third kappa shape index (κ3) is 7.97. The quantitative estimate of drug-likeness (QED) is 0.280. The highest BCUT2D eigenvalue weighted by atomic mass is 127. The Morgan fingerprint density at radius 1 is 1.10 bits per heavy atom. The highest BCUT2D eigenvalue weighted by Gasteiger charge is 2.50. The average molecular weight is 569 g/mol. The van der Waals surface area contributed by atoms with E-state index >= 15 is 0 Å². The lowest BCUT2D eigenvalue weighted by molar-refractivity contribution is -0.0496. The zero-order valence-corrected chi connectivity index (χ0v) is 20.9. The molecule has 2 rings (SSSR count). The maximum atomic E-state index is 12.7. The van der Waals surface area contributed by atoms with E-state index < -0.39 is 15.5 Å². The molecule has 0 amide bonds. The van der Waals surface area contributed by atoms with Crippen molar-refractivity contribution in [2.75, 3.05) is 45.8 Å². The molecule has 0 aliphatic carbocycles. The van der Waals surface area contributed by atoms with Gasteiger partial charge in [-0.05, 0) is 52.0 Å². The largest absolute Gasteiger partial charge is 0.511 e. The number of likely N-dealkylation sites (tertiary alicyclic amines) is 1. The molecule has 0 saturated carbocycles. The Hall–Kier alpha value is -0.340. The molecule has 12 heteroatoms. The van der Waals surface area contributed by atoms with Gasteiger partial charge in [-0.3, -0.25) is 9.89 Å². The summed E-state index contributed by atoms with van der Waals surface area (Å²) in [5.41, 5.74) is -5.23. The number of piperidine rings is 2. The number of alkyl halides is 3. The first-order valence-electron chi connectivity index (χ1n) is 10.5. The molecule has 2 fully saturated rings. The van der Waals surface area contributed by atoms with Crippen LogP contribution in [0.3, 0.4) is 0 Å². The lowest BCUT2D eigenvalue weighted by Gasteiger charge is -2.33. The molecule has 2 heterocycles. The summed E-state index contributed by atoms with van der Waals surface area (Å²) in [6.45, 7) is 8.03. The van der Waals surface area contributed by atoms with Crippen molar-refractivity contribution < 1.29 is 21.6 Å². The summed E-state index contributed by atoms with van der Waals surface area (Å²) in [7, 11) is -5.22. The van der Waals surface area contributed by atoms with Crippen molar-refractivity contribution >= 4 is 40.0 Å². The van der Waals surface area contributed by atoms with Gasteiger partial charge in [-0.25, -0.2) is 8.42 Å². The number of hydrogen-bond donors (Lipinski definition) is 2. The normalized spacial score (nSPS) is 23.1. The molecule has 30 heavy (non-hydrogen) atoms. The van der Waals surface area contributed by atoms with Crippen LogP contribution in [0, 0.1) is 5.92 Å². The van der Waals surface area contributed by atoms with E-state index in [0.29, 0.717) is 42.2 Å². The van der Waals surface area contributed by atoms with Crippen LogP contribution in [-0.4, -0.2) is 80.9 Å². The second kappa shape index (κ2) is 12.6. The third-order valence-electron chi connectivity index (χ3n) is 5.69. The molecule has 2 saturated heterocycles. The fourth-order valence-electron chi connectivity index (χ4n) is 3.85. The van der Waals surface area contributed by atoms with Crippen LogP contribution in [0.1, 0.15) is 46.0 Å². The average Bonchev–Trinajstić information content (AvgIpc) is 2.67. The summed E-state index contributed by atoms with van der Waals surface area (Å²) in [4.78, 5) is 7.03. The van der Waals surface area contributed by atoms with Gasteiger partial charge >= 0.3 is 15.5 Å². The van der Waals surface area contributed by atoms with Gasteiger partial charge in [-0.15, -0.1) is 24.0 Å². The van der Waals surface area contributed by atoms with Gasteiger partial charge in [-0.1, -0.05) is 6.42 Å². The summed E-state index contributed by atoms with van der Waals surface area (Å²) < 4.78 is 61.5. The first-order valence-corrected chi connectivity index (χ1v) is 11.9. The van der Waals surface area contributed by atoms with Crippen LogP contribution in [0.4, 0.5) is 13.2 Å². The Labute approximate surface area is 195 Å². The molecule has 178 valence electrons. The molecular weight excluding hydrogens is 534 g/mol. The summed E-state index contributed by atoms with van der Waals surface area (Å²) in [5, 5.41) is 6.51. The zero-order valence-electron chi connectivity index (χ0n) is 17.7. The Bertz CT molecular complexity index is 640. The van der Waals surface area contributed by atoms with Crippen LogP contribution in [0.15, 0.2) is 4.99 Å². The predicted molar refractivity (Wildman–Crippen MR) is 124 cm³/mol. The highest BCUT2D eigenvalue weighted by Crippen LogP contribution is 2.30. The van der Waals surface area contributed by atoms with Crippen LogP contribution in [0.2, 0.25) is 0 Å². The van der Waals surface area contributed by atoms with Gasteiger partial charge in [0.05, 0.1) is 0 Å². The number of hydrogen-bond acceptors (Lipinski definition) is 4. The van der Waals surface area contributed by atoms with E-state index in [1.54, 1.807) is 0 Å². The van der Waals surface area contributed by atoms with Gasteiger partial charge in [0.2, 0.25) is 0 Å². The lowest BCUT2D eigenvalue weighted by atomic mass is 9.98. The summed E-state index contributed by atoms with van der Waals surface area (Å²) in [5.74, 6) is 0.773. The van der Waals surface area contributed by atoms with Crippen molar-refractivity contribution in [1.82, 2.24) is 19.8 Å². The van der Waals surface area contributed by atoms with Crippen molar-refractivity contribution in [3.8, 4) is 0 Å². The van der Waals surface area contributed by atoms with E-state index in [1.165, 1.54) is 19.3 Å². The van der Waals surface area contributed by atoms with Gasteiger partial charge in [-0.2, -0.15) is 17.5 Å². The van der Waals surface area contributed by atoms with Gasteiger partial charge in [0.25, 0.3) is 0 Å². The van der Waals surface area contributed by atoms with E-state index in [-0.39, 0.29) is 43.0 Å². The van der Waals surface area contributed by atoms with Crippen molar-refractivity contribution in [1.29, 1.82) is 0 Å². The minimum absolute atomic E-state index is 0. The fourth-order valence-corrected chi connectivity index (χ4v) is 4.83. The molecule has 0 radical (unpaired) electrons. The predicted octanol–water partition coefficient (Wildman–Crippen LogP) is 2.60. The zero-order chi connectivity index (χ0) is 21.5. The number of nitrogens with zero attached hydrogens (tertiary/aromatic N) is 3. The van der Waals surface area contributed by atoms with E-state index in [4.69, 9.17) is 0 Å². The smallest absolute Gasteiger partial charge is 0.357 e. The number of guanidine groups is 1. The minimum Gasteiger partial charge on any atom is -0.357 e. The van der Waals surface area contributed by atoms with Gasteiger partial charge < -0.3 is 10.6 Å². The fraction of sp³-hybridized carbons (Fsp3) is 0.944. The number of halogens is 4. The molecule has 7 nitrogen and oxygen atoms in total. The standard InChI is InChI=1S/C18H34F3N5O2S.HI/c1-3-22-17(23-9-13-25-10-5-4-6-15(25)2)24-14-16-7-11-26(12-8-16)29(27,28)18(19,20)21;/h15-16H,3-14H2,1-2H3,(H2,22,23,24);1H. The van der Waals surface area contributed by atoms with Crippen LogP contribution < -0.4 is 10.6 Å². The monoisotopic (exact) mass is 569 g/mol. The van der Waals surface area contributed by atoms with E-state index in [1.807, 2.05) is 6.92 Å². The first-order chi connectivity index (χ1) is 13.6.